The van der Waals surface area contributed by atoms with E-state index in [9.17, 15) is 15.2 Å². The van der Waals surface area contributed by atoms with Gasteiger partial charge in [0.05, 0.1) is 28.8 Å². The summed E-state index contributed by atoms with van der Waals surface area (Å²) >= 11 is 0. The van der Waals surface area contributed by atoms with Crippen LogP contribution in [0.4, 0.5) is 5.69 Å². The zero-order chi connectivity index (χ0) is 14.3. The smallest absolute Gasteiger partial charge is 0.293 e. The van der Waals surface area contributed by atoms with E-state index in [1.54, 1.807) is 12.3 Å². The molecule has 1 aromatic rings. The molecular weight excluding hydrogens is 260 g/mol. The molecule has 1 unspecified atom stereocenters. The van der Waals surface area contributed by atoms with Gasteiger partial charge in [0.25, 0.3) is 5.69 Å². The van der Waals surface area contributed by atoms with Crippen LogP contribution >= 0.6 is 0 Å². The maximum atomic E-state index is 11.1. The van der Waals surface area contributed by atoms with Crippen molar-refractivity contribution in [2.75, 3.05) is 0 Å². The third-order valence-corrected chi connectivity index (χ3v) is 4.29. The first-order valence-corrected chi connectivity index (χ1v) is 6.99. The van der Waals surface area contributed by atoms with Gasteiger partial charge < -0.3 is 9.84 Å². The molecule has 0 radical (unpaired) electrons. The lowest BCUT2D eigenvalue weighted by Gasteiger charge is -2.38. The predicted octanol–water partition coefficient (Wildman–Crippen LogP) is 2.23. The maximum absolute atomic E-state index is 11.1. The first kappa shape index (κ1) is 13.5. The van der Waals surface area contributed by atoms with E-state index < -0.39 is 11.0 Å². The summed E-state index contributed by atoms with van der Waals surface area (Å²) in [5.41, 5.74) is 0.560. The number of nitrogens with zero attached hydrogens (tertiary/aromatic N) is 2. The minimum absolute atomic E-state index is 0.00404. The van der Waals surface area contributed by atoms with Crippen molar-refractivity contribution in [3.05, 3.63) is 34.1 Å². The molecule has 2 aliphatic rings. The fourth-order valence-electron chi connectivity index (χ4n) is 2.96. The SMILES string of the molecule is CC1C[C@H](c2ccncc2[N+](=O)[O-])O[C@H](C2CC2)[C@H]1O. The molecule has 4 atom stereocenters. The second kappa shape index (κ2) is 5.10. The molecule has 0 amide bonds. The lowest BCUT2D eigenvalue weighted by Crippen LogP contribution is -2.42. The molecule has 20 heavy (non-hydrogen) atoms. The molecule has 3 rings (SSSR count). The first-order valence-electron chi connectivity index (χ1n) is 6.99. The van der Waals surface area contributed by atoms with E-state index in [1.165, 1.54) is 6.20 Å². The van der Waals surface area contributed by atoms with Crippen molar-refractivity contribution in [3.63, 3.8) is 0 Å². The van der Waals surface area contributed by atoms with Crippen LogP contribution in [0.15, 0.2) is 18.5 Å². The normalized spacial score (nSPS) is 33.9. The molecule has 2 heterocycles. The molecule has 1 N–H and O–H groups in total. The standard InChI is InChI=1S/C14H18N2O4/c1-8-6-12(20-14(13(8)17)9-2-3-9)10-4-5-15-7-11(10)16(18)19/h4-5,7-9,12-14,17H,2-3,6H2,1H3/t8?,12-,13+,14-/m1/s1. The van der Waals surface area contributed by atoms with Crippen LogP contribution in [0.3, 0.4) is 0 Å². The van der Waals surface area contributed by atoms with Crippen molar-refractivity contribution in [2.24, 2.45) is 11.8 Å². The highest BCUT2D eigenvalue weighted by Gasteiger charge is 2.45. The highest BCUT2D eigenvalue weighted by molar-refractivity contribution is 5.38. The van der Waals surface area contributed by atoms with Crippen molar-refractivity contribution in [1.82, 2.24) is 4.98 Å². The van der Waals surface area contributed by atoms with Gasteiger partial charge in [-0.3, -0.25) is 15.1 Å². The summed E-state index contributed by atoms with van der Waals surface area (Å²) in [7, 11) is 0. The average molecular weight is 278 g/mol. The van der Waals surface area contributed by atoms with Crippen LogP contribution in [0.25, 0.3) is 0 Å². The Hall–Kier alpha value is -1.53. The minimum Gasteiger partial charge on any atom is -0.390 e. The number of hydrogen-bond acceptors (Lipinski definition) is 5. The van der Waals surface area contributed by atoms with Crippen LogP contribution in [0.1, 0.15) is 37.9 Å². The van der Waals surface area contributed by atoms with Gasteiger partial charge in [0.15, 0.2) is 0 Å². The third kappa shape index (κ3) is 2.41. The Bertz CT molecular complexity index is 518. The number of pyridine rings is 1. The van der Waals surface area contributed by atoms with Crippen LogP contribution in [0, 0.1) is 22.0 Å². The van der Waals surface area contributed by atoms with Crippen molar-refractivity contribution in [3.8, 4) is 0 Å². The topological polar surface area (TPSA) is 85.5 Å². The summed E-state index contributed by atoms with van der Waals surface area (Å²) in [6, 6.07) is 1.65. The number of aromatic nitrogens is 1. The zero-order valence-corrected chi connectivity index (χ0v) is 11.3. The second-order valence-electron chi connectivity index (χ2n) is 5.82. The molecule has 1 aromatic heterocycles. The maximum Gasteiger partial charge on any atom is 0.293 e. The van der Waals surface area contributed by atoms with E-state index >= 15 is 0 Å². The lowest BCUT2D eigenvalue weighted by atomic mass is 9.86. The molecule has 6 nitrogen and oxygen atoms in total. The Balaban J connectivity index is 1.88. The molecule has 1 saturated carbocycles. The van der Waals surface area contributed by atoms with Crippen LogP contribution in [0.2, 0.25) is 0 Å². The van der Waals surface area contributed by atoms with Gasteiger partial charge in [0.2, 0.25) is 0 Å². The second-order valence-corrected chi connectivity index (χ2v) is 5.82. The summed E-state index contributed by atoms with van der Waals surface area (Å²) in [6.07, 6.45) is 4.54. The van der Waals surface area contributed by atoms with Gasteiger partial charge in [0.1, 0.15) is 6.20 Å². The quantitative estimate of drug-likeness (QED) is 0.677. The number of aliphatic hydroxyl groups is 1. The Morgan fingerprint density at radius 1 is 1.50 bits per heavy atom. The summed E-state index contributed by atoms with van der Waals surface area (Å²) in [5.74, 6) is 0.475. The molecule has 1 aliphatic carbocycles. The van der Waals surface area contributed by atoms with E-state index in [1.807, 2.05) is 6.92 Å². The Kier molecular flexibility index (Phi) is 3.43. The van der Waals surface area contributed by atoms with Crippen LogP contribution in [-0.4, -0.2) is 27.2 Å². The van der Waals surface area contributed by atoms with Gasteiger partial charge >= 0.3 is 0 Å². The van der Waals surface area contributed by atoms with Gasteiger partial charge in [-0.2, -0.15) is 0 Å². The summed E-state index contributed by atoms with van der Waals surface area (Å²) < 4.78 is 5.99. The van der Waals surface area contributed by atoms with E-state index in [-0.39, 0.29) is 23.8 Å². The number of nitro groups is 1. The van der Waals surface area contributed by atoms with E-state index in [4.69, 9.17) is 4.74 Å². The van der Waals surface area contributed by atoms with Crippen LogP contribution in [0.5, 0.6) is 0 Å². The number of aliphatic hydroxyl groups excluding tert-OH is 1. The van der Waals surface area contributed by atoms with E-state index in [0.717, 1.165) is 12.8 Å². The van der Waals surface area contributed by atoms with Gasteiger partial charge in [-0.05, 0) is 37.2 Å². The number of ether oxygens (including phenoxy) is 1. The summed E-state index contributed by atoms with van der Waals surface area (Å²) in [4.78, 5) is 14.5. The number of hydrogen-bond donors (Lipinski definition) is 1. The fourth-order valence-corrected chi connectivity index (χ4v) is 2.96. The van der Waals surface area contributed by atoms with Crippen LogP contribution in [-0.2, 0) is 4.74 Å². The van der Waals surface area contributed by atoms with Gasteiger partial charge in [0, 0.05) is 6.20 Å². The monoisotopic (exact) mass is 278 g/mol. The molecule has 6 heteroatoms. The molecule has 1 saturated heterocycles. The van der Waals surface area contributed by atoms with Gasteiger partial charge in [-0.15, -0.1) is 0 Å². The Labute approximate surface area is 116 Å². The minimum atomic E-state index is -0.473. The fraction of sp³-hybridized carbons (Fsp3) is 0.643. The van der Waals surface area contributed by atoms with Crippen molar-refractivity contribution >= 4 is 5.69 Å². The number of rotatable bonds is 3. The van der Waals surface area contributed by atoms with Crippen molar-refractivity contribution < 1.29 is 14.8 Å². The van der Waals surface area contributed by atoms with Gasteiger partial charge in [-0.1, -0.05) is 6.92 Å². The van der Waals surface area contributed by atoms with Crippen molar-refractivity contribution in [2.45, 2.75) is 44.5 Å². The van der Waals surface area contributed by atoms with E-state index in [2.05, 4.69) is 4.98 Å². The average Bonchev–Trinajstić information content (AvgIpc) is 3.26. The first-order chi connectivity index (χ1) is 9.58. The molecule has 108 valence electrons. The lowest BCUT2D eigenvalue weighted by molar-refractivity contribution is -0.386. The predicted molar refractivity (Wildman–Crippen MR) is 71.0 cm³/mol. The molecule has 0 spiro atoms. The molecule has 0 bridgehead atoms. The molecule has 0 aromatic carbocycles. The molecular formula is C14H18N2O4. The summed E-state index contributed by atoms with van der Waals surface area (Å²) in [6.45, 7) is 1.97. The zero-order valence-electron chi connectivity index (χ0n) is 11.3. The van der Waals surface area contributed by atoms with Crippen LogP contribution < -0.4 is 0 Å². The highest BCUT2D eigenvalue weighted by atomic mass is 16.6. The summed E-state index contributed by atoms with van der Waals surface area (Å²) in [5, 5.41) is 21.3. The highest BCUT2D eigenvalue weighted by Crippen LogP contribution is 2.45. The van der Waals surface area contributed by atoms with E-state index in [0.29, 0.717) is 17.9 Å². The Morgan fingerprint density at radius 3 is 2.90 bits per heavy atom. The largest absolute Gasteiger partial charge is 0.390 e. The molecule has 1 aliphatic heterocycles. The van der Waals surface area contributed by atoms with Crippen molar-refractivity contribution in [1.29, 1.82) is 0 Å². The molecule has 2 fully saturated rings. The van der Waals surface area contributed by atoms with Gasteiger partial charge in [-0.25, -0.2) is 0 Å². The Morgan fingerprint density at radius 2 is 2.25 bits per heavy atom. The third-order valence-electron chi connectivity index (χ3n) is 4.29.